The van der Waals surface area contributed by atoms with Crippen molar-refractivity contribution in [2.45, 2.75) is 46.1 Å². The van der Waals surface area contributed by atoms with Crippen molar-refractivity contribution in [3.63, 3.8) is 0 Å². The van der Waals surface area contributed by atoms with Crippen LogP contribution in [0.4, 0.5) is 0 Å². The van der Waals surface area contributed by atoms with Gasteiger partial charge in [0.2, 0.25) is 5.91 Å². The van der Waals surface area contributed by atoms with Gasteiger partial charge in [-0.05, 0) is 30.7 Å². The molecular formula is C15H25N3O3. The molecule has 0 bridgehead atoms. The Hall–Kier alpha value is -1.85. The first kappa shape index (κ1) is 17.2. The highest BCUT2D eigenvalue weighted by atomic mass is 16.4. The van der Waals surface area contributed by atoms with Crippen LogP contribution in [0.5, 0.6) is 0 Å². The summed E-state index contributed by atoms with van der Waals surface area (Å²) in [6.07, 6.45) is 5.59. The van der Waals surface area contributed by atoms with E-state index in [0.717, 1.165) is 6.42 Å². The van der Waals surface area contributed by atoms with Gasteiger partial charge in [0, 0.05) is 38.3 Å². The summed E-state index contributed by atoms with van der Waals surface area (Å²) in [6, 6.07) is 1.83. The monoisotopic (exact) mass is 295 g/mol. The van der Waals surface area contributed by atoms with Gasteiger partial charge < -0.3 is 10.4 Å². The van der Waals surface area contributed by atoms with Crippen LogP contribution in [0.2, 0.25) is 0 Å². The summed E-state index contributed by atoms with van der Waals surface area (Å²) in [4.78, 5) is 22.3. The molecule has 1 aromatic heterocycles. The van der Waals surface area contributed by atoms with E-state index in [4.69, 9.17) is 5.11 Å². The molecule has 21 heavy (non-hydrogen) atoms. The molecule has 6 nitrogen and oxygen atoms in total. The Balaban J connectivity index is 2.20. The molecule has 0 aliphatic carbocycles. The van der Waals surface area contributed by atoms with Crippen LogP contribution in [0.1, 0.15) is 39.5 Å². The number of amides is 1. The van der Waals surface area contributed by atoms with Crippen LogP contribution in [0.3, 0.4) is 0 Å². The van der Waals surface area contributed by atoms with E-state index in [0.29, 0.717) is 37.8 Å². The summed E-state index contributed by atoms with van der Waals surface area (Å²) in [6.45, 7) is 5.35. The van der Waals surface area contributed by atoms with Gasteiger partial charge in [-0.3, -0.25) is 14.3 Å². The van der Waals surface area contributed by atoms with Crippen LogP contribution in [-0.4, -0.2) is 33.3 Å². The maximum Gasteiger partial charge on any atom is 0.303 e. The molecule has 1 atom stereocenters. The minimum atomic E-state index is -0.760. The molecule has 0 spiro atoms. The first-order valence-electron chi connectivity index (χ1n) is 7.45. The zero-order chi connectivity index (χ0) is 15.7. The Kier molecular flexibility index (Phi) is 7.50. The Bertz CT molecular complexity index is 429. The number of hydrogen-bond donors (Lipinski definition) is 2. The van der Waals surface area contributed by atoms with E-state index < -0.39 is 5.97 Å². The van der Waals surface area contributed by atoms with Gasteiger partial charge in [0.15, 0.2) is 0 Å². The average molecular weight is 295 g/mol. The Morgan fingerprint density at radius 1 is 1.29 bits per heavy atom. The maximum atomic E-state index is 11.7. The fraction of sp³-hybridized carbons (Fsp3) is 0.667. The second-order valence-corrected chi connectivity index (χ2v) is 5.59. The second kappa shape index (κ2) is 9.15. The Morgan fingerprint density at radius 2 is 2.05 bits per heavy atom. The molecule has 118 valence electrons. The lowest BCUT2D eigenvalue weighted by molar-refractivity contribution is -0.137. The third kappa shape index (κ3) is 7.48. The highest BCUT2D eigenvalue weighted by Crippen LogP contribution is 2.20. The number of aryl methyl sites for hydroxylation is 1. The van der Waals surface area contributed by atoms with Crippen molar-refractivity contribution in [1.29, 1.82) is 0 Å². The van der Waals surface area contributed by atoms with E-state index in [9.17, 15) is 9.59 Å². The summed E-state index contributed by atoms with van der Waals surface area (Å²) < 4.78 is 1.73. The molecule has 1 amide bonds. The average Bonchev–Trinajstić information content (AvgIpc) is 2.92. The van der Waals surface area contributed by atoms with Crippen LogP contribution in [0.15, 0.2) is 18.5 Å². The zero-order valence-corrected chi connectivity index (χ0v) is 12.8. The first-order chi connectivity index (χ1) is 9.99. The number of nitrogens with zero attached hydrogens (tertiary/aromatic N) is 2. The summed E-state index contributed by atoms with van der Waals surface area (Å²) in [7, 11) is 0. The number of nitrogens with one attached hydrogen (secondary N) is 1. The molecule has 1 aromatic rings. The zero-order valence-electron chi connectivity index (χ0n) is 12.8. The molecule has 0 aliphatic heterocycles. The lowest BCUT2D eigenvalue weighted by atomic mass is 9.88. The minimum Gasteiger partial charge on any atom is -0.481 e. The Morgan fingerprint density at radius 3 is 2.62 bits per heavy atom. The summed E-state index contributed by atoms with van der Waals surface area (Å²) in [5.41, 5.74) is 0. The van der Waals surface area contributed by atoms with Crippen LogP contribution >= 0.6 is 0 Å². The van der Waals surface area contributed by atoms with Crippen molar-refractivity contribution in [1.82, 2.24) is 15.1 Å². The van der Waals surface area contributed by atoms with Crippen molar-refractivity contribution < 1.29 is 14.7 Å². The van der Waals surface area contributed by atoms with Crippen LogP contribution in [0.25, 0.3) is 0 Å². The van der Waals surface area contributed by atoms with E-state index in [2.05, 4.69) is 24.3 Å². The fourth-order valence-corrected chi connectivity index (χ4v) is 2.25. The predicted molar refractivity (Wildman–Crippen MR) is 79.7 cm³/mol. The molecular weight excluding hydrogens is 270 g/mol. The van der Waals surface area contributed by atoms with Gasteiger partial charge in [0.05, 0.1) is 0 Å². The number of carbonyl (C=O) groups is 2. The Labute approximate surface area is 125 Å². The molecule has 6 heteroatoms. The number of hydrogen-bond acceptors (Lipinski definition) is 3. The summed E-state index contributed by atoms with van der Waals surface area (Å²) in [5, 5.41) is 15.7. The number of rotatable bonds is 10. The van der Waals surface area contributed by atoms with Gasteiger partial charge >= 0.3 is 5.97 Å². The number of carboxylic acid groups (broad SMARTS) is 1. The third-order valence-corrected chi connectivity index (χ3v) is 3.64. The van der Waals surface area contributed by atoms with Crippen LogP contribution < -0.4 is 5.32 Å². The van der Waals surface area contributed by atoms with Crippen molar-refractivity contribution in [3.8, 4) is 0 Å². The first-order valence-corrected chi connectivity index (χ1v) is 7.45. The number of carboxylic acids is 1. The molecule has 0 aromatic carbocycles. The van der Waals surface area contributed by atoms with E-state index in [1.165, 1.54) is 0 Å². The molecule has 0 aliphatic rings. The van der Waals surface area contributed by atoms with Crippen LogP contribution in [-0.2, 0) is 16.1 Å². The van der Waals surface area contributed by atoms with Crippen molar-refractivity contribution >= 4 is 11.9 Å². The van der Waals surface area contributed by atoms with Crippen molar-refractivity contribution in [2.24, 2.45) is 11.8 Å². The van der Waals surface area contributed by atoms with Crippen LogP contribution in [0, 0.1) is 11.8 Å². The van der Waals surface area contributed by atoms with Crippen molar-refractivity contribution in [3.05, 3.63) is 18.5 Å². The number of carbonyl (C=O) groups excluding carboxylic acids is 1. The lowest BCUT2D eigenvalue weighted by Crippen LogP contribution is -2.28. The molecule has 1 unspecified atom stereocenters. The van der Waals surface area contributed by atoms with Gasteiger partial charge in [-0.25, -0.2) is 0 Å². The van der Waals surface area contributed by atoms with Gasteiger partial charge in [-0.2, -0.15) is 5.10 Å². The quantitative estimate of drug-likeness (QED) is 0.690. The molecule has 2 N–H and O–H groups in total. The number of aliphatic carboxylic acids is 1. The maximum absolute atomic E-state index is 11.7. The molecule has 0 fully saturated rings. The summed E-state index contributed by atoms with van der Waals surface area (Å²) >= 11 is 0. The van der Waals surface area contributed by atoms with E-state index in [1.807, 2.05) is 12.3 Å². The second-order valence-electron chi connectivity index (χ2n) is 5.59. The van der Waals surface area contributed by atoms with E-state index >= 15 is 0 Å². The van der Waals surface area contributed by atoms with E-state index in [-0.39, 0.29) is 12.3 Å². The van der Waals surface area contributed by atoms with Crippen molar-refractivity contribution in [2.75, 3.05) is 6.54 Å². The van der Waals surface area contributed by atoms with Gasteiger partial charge in [0.25, 0.3) is 0 Å². The standard InChI is InChI=1S/C15H25N3O3/c1-12(2)13(4-5-15(20)21)6-9-16-14(19)7-11-18-10-3-8-17-18/h3,8,10,12-13H,4-7,9,11H2,1-2H3,(H,16,19)(H,20,21). The van der Waals surface area contributed by atoms with Gasteiger partial charge in [0.1, 0.15) is 0 Å². The largest absolute Gasteiger partial charge is 0.481 e. The topological polar surface area (TPSA) is 84.2 Å². The highest BCUT2D eigenvalue weighted by molar-refractivity contribution is 5.75. The molecule has 0 radical (unpaired) electrons. The highest BCUT2D eigenvalue weighted by Gasteiger charge is 2.15. The SMILES string of the molecule is CC(C)C(CCNC(=O)CCn1cccn1)CCC(=O)O. The molecule has 0 saturated heterocycles. The molecule has 1 rings (SSSR count). The third-order valence-electron chi connectivity index (χ3n) is 3.64. The van der Waals surface area contributed by atoms with Gasteiger partial charge in [-0.15, -0.1) is 0 Å². The smallest absolute Gasteiger partial charge is 0.303 e. The lowest BCUT2D eigenvalue weighted by Gasteiger charge is -2.20. The predicted octanol–water partition coefficient (Wildman–Crippen LogP) is 1.92. The summed E-state index contributed by atoms with van der Waals surface area (Å²) in [5.74, 6) is -0.00649. The molecule has 0 saturated carbocycles. The molecule has 1 heterocycles. The fourth-order valence-electron chi connectivity index (χ4n) is 2.25. The van der Waals surface area contributed by atoms with Gasteiger partial charge in [-0.1, -0.05) is 13.8 Å². The number of aromatic nitrogens is 2. The minimum absolute atomic E-state index is 0.00578. The normalized spacial score (nSPS) is 12.3. The van der Waals surface area contributed by atoms with E-state index in [1.54, 1.807) is 10.9 Å².